The zero-order valence-corrected chi connectivity index (χ0v) is 19.8. The molecule has 0 spiro atoms. The Balaban J connectivity index is -0.00000146. The van der Waals surface area contributed by atoms with E-state index < -0.39 is 0 Å². The number of ketones is 2. The van der Waals surface area contributed by atoms with Crippen molar-refractivity contribution in [2.45, 2.75) is 0 Å². The van der Waals surface area contributed by atoms with Crippen LogP contribution in [-0.4, -0.2) is 79.1 Å². The Morgan fingerprint density at radius 1 is 0.700 bits per heavy atom. The molecule has 7 nitrogen and oxygen atoms in total. The molecule has 0 amide bonds. The molecular weight excluding hydrogens is 451 g/mol. The van der Waals surface area contributed by atoms with Gasteiger partial charge < -0.3 is 26.2 Å². The van der Waals surface area contributed by atoms with Crippen molar-refractivity contribution in [3.05, 3.63) is 47.5 Å². The zero-order chi connectivity index (χ0) is 18.1. The first-order chi connectivity index (χ1) is 11.8. The van der Waals surface area contributed by atoms with Gasteiger partial charge in [0.1, 0.15) is 0 Å². The molecule has 2 aromatic carbocycles. The van der Waals surface area contributed by atoms with Gasteiger partial charge in [-0.15, -0.1) is 36.2 Å². The number of Topliss-reactive ketones (excluding diaryl/α,β-unsaturated/α-hetero) is 2. The van der Waals surface area contributed by atoms with Gasteiger partial charge in [-0.25, -0.2) is 0 Å². The summed E-state index contributed by atoms with van der Waals surface area (Å²) in [6.07, 6.45) is 0. The normalized spacial score (nSPS) is 9.80. The Hall–Kier alpha value is -1.62. The van der Waals surface area contributed by atoms with Crippen LogP contribution in [0.4, 0.5) is 0 Å². The summed E-state index contributed by atoms with van der Waals surface area (Å²) < 4.78 is 2.27. The van der Waals surface area contributed by atoms with Gasteiger partial charge in [0.2, 0.25) is 0 Å². The van der Waals surface area contributed by atoms with Gasteiger partial charge >= 0.3 is 0 Å². The molecule has 0 saturated heterocycles. The maximum Gasteiger partial charge on any atom is 0.176 e. The van der Waals surface area contributed by atoms with Crippen LogP contribution < -0.4 is 0 Å². The first kappa shape index (κ1) is 33.0. The van der Waals surface area contributed by atoms with E-state index in [1.54, 1.807) is 11.3 Å². The third-order valence-corrected chi connectivity index (χ3v) is 5.18. The fourth-order valence-electron chi connectivity index (χ4n) is 2.88. The number of hydrogen-bond acceptors (Lipinski definition) is 5. The highest BCUT2D eigenvalue weighted by atomic mass is 35.5. The number of carbonyl (C=O) groups is 2. The van der Waals surface area contributed by atoms with Gasteiger partial charge in [-0.1, -0.05) is 0 Å². The van der Waals surface area contributed by atoms with Gasteiger partial charge in [0.15, 0.2) is 11.6 Å². The zero-order valence-electron chi connectivity index (χ0n) is 17.3. The van der Waals surface area contributed by atoms with Crippen molar-refractivity contribution in [3.8, 4) is 0 Å². The Morgan fingerprint density at radius 3 is 1.33 bits per heavy atom. The molecule has 0 bridgehead atoms. The van der Waals surface area contributed by atoms with E-state index in [4.69, 9.17) is 0 Å². The lowest BCUT2D eigenvalue weighted by molar-refractivity contribution is 0.0949. The molecule has 3 rings (SSSR count). The molecule has 0 aliphatic carbocycles. The quantitative estimate of drug-likeness (QED) is 0.497. The Bertz CT molecular complexity index is 900. The fourth-order valence-corrected chi connectivity index (χ4v) is 3.95. The fraction of sp³-hybridized carbons (Fsp3) is 0.300. The van der Waals surface area contributed by atoms with Gasteiger partial charge in [-0.3, -0.25) is 9.59 Å². The minimum atomic E-state index is 0. The summed E-state index contributed by atoms with van der Waals surface area (Å²) >= 11 is 1.69. The Kier molecular flexibility index (Phi) is 15.0. The SMILES string of the molecule is CN(C)CC(=O)c1ccc2sc3ccc(C(=O)CN(C)C)cc3c2c1.Cl.Cl.O.O.O. The molecule has 30 heavy (non-hydrogen) atoms. The minimum Gasteiger partial charge on any atom is -0.412 e. The number of fused-ring (bicyclic) bond motifs is 3. The number of likely N-dealkylation sites (N-methyl/N-ethyl adjacent to an activating group) is 2. The standard InChI is InChI=1S/C20H22N2O2S.2ClH.3H2O/c1-21(2)11-17(23)13-5-7-19-15(9-13)16-10-14(6-8-20(16)25-19)18(24)12-22(3)4;;;;;/h5-10H,11-12H2,1-4H3;2*1H;3*1H2. The molecule has 10 heteroatoms. The number of benzene rings is 2. The molecule has 0 radical (unpaired) electrons. The lowest BCUT2D eigenvalue weighted by Gasteiger charge is -2.09. The van der Waals surface area contributed by atoms with Gasteiger partial charge in [-0.2, -0.15) is 0 Å². The number of halogens is 2. The maximum absolute atomic E-state index is 12.4. The van der Waals surface area contributed by atoms with E-state index in [9.17, 15) is 9.59 Å². The van der Waals surface area contributed by atoms with Crippen LogP contribution in [-0.2, 0) is 0 Å². The van der Waals surface area contributed by atoms with Gasteiger partial charge in [0.25, 0.3) is 0 Å². The second kappa shape index (κ2) is 13.6. The summed E-state index contributed by atoms with van der Waals surface area (Å²) in [6.45, 7) is 0.778. The number of rotatable bonds is 6. The summed E-state index contributed by atoms with van der Waals surface area (Å²) in [7, 11) is 7.55. The Morgan fingerprint density at radius 2 is 1.03 bits per heavy atom. The molecule has 0 saturated carbocycles. The van der Waals surface area contributed by atoms with E-state index in [0.29, 0.717) is 24.2 Å². The van der Waals surface area contributed by atoms with Crippen molar-refractivity contribution in [2.75, 3.05) is 41.3 Å². The average Bonchev–Trinajstić information content (AvgIpc) is 2.90. The van der Waals surface area contributed by atoms with E-state index in [1.165, 1.54) is 0 Å². The molecule has 170 valence electrons. The molecule has 3 aromatic rings. The summed E-state index contributed by atoms with van der Waals surface area (Å²) in [4.78, 5) is 28.5. The van der Waals surface area contributed by atoms with Gasteiger partial charge in [-0.05, 0) is 64.6 Å². The van der Waals surface area contributed by atoms with Crippen molar-refractivity contribution >= 4 is 67.9 Å². The largest absolute Gasteiger partial charge is 0.412 e. The first-order valence-corrected chi connectivity index (χ1v) is 8.99. The lowest BCUT2D eigenvalue weighted by atomic mass is 10.0. The summed E-state index contributed by atoms with van der Waals surface area (Å²) in [5.41, 5.74) is 1.43. The van der Waals surface area contributed by atoms with Crippen LogP contribution in [0.2, 0.25) is 0 Å². The average molecular weight is 481 g/mol. The molecular formula is C20H30Cl2N2O5S. The van der Waals surface area contributed by atoms with Crippen molar-refractivity contribution < 1.29 is 26.0 Å². The Labute approximate surface area is 192 Å². The van der Waals surface area contributed by atoms with Crippen molar-refractivity contribution in [1.29, 1.82) is 0 Å². The monoisotopic (exact) mass is 480 g/mol. The molecule has 0 aliphatic rings. The summed E-state index contributed by atoms with van der Waals surface area (Å²) in [6, 6.07) is 11.7. The number of carbonyl (C=O) groups excluding carboxylic acids is 2. The topological polar surface area (TPSA) is 135 Å². The van der Waals surface area contributed by atoms with Gasteiger partial charge in [0, 0.05) is 31.3 Å². The van der Waals surface area contributed by atoms with Crippen molar-refractivity contribution in [1.82, 2.24) is 9.80 Å². The van der Waals surface area contributed by atoms with Crippen LogP contribution in [0, 0.1) is 0 Å². The molecule has 1 heterocycles. The molecule has 6 N–H and O–H groups in total. The maximum atomic E-state index is 12.4. The van der Waals surface area contributed by atoms with Crippen LogP contribution in [0.15, 0.2) is 36.4 Å². The van der Waals surface area contributed by atoms with Crippen LogP contribution in [0.1, 0.15) is 20.7 Å². The summed E-state index contributed by atoms with van der Waals surface area (Å²) in [5.74, 6) is 0.206. The smallest absolute Gasteiger partial charge is 0.176 e. The van der Waals surface area contributed by atoms with E-state index in [2.05, 4.69) is 0 Å². The highest BCUT2D eigenvalue weighted by molar-refractivity contribution is 7.25. The number of thiophene rings is 1. The molecule has 0 unspecified atom stereocenters. The molecule has 0 fully saturated rings. The van der Waals surface area contributed by atoms with E-state index in [1.807, 2.05) is 74.4 Å². The minimum absolute atomic E-state index is 0. The highest BCUT2D eigenvalue weighted by Crippen LogP contribution is 2.35. The second-order valence-corrected chi connectivity index (χ2v) is 7.93. The molecule has 0 atom stereocenters. The molecule has 0 aliphatic heterocycles. The van der Waals surface area contributed by atoms with Crippen LogP contribution in [0.5, 0.6) is 0 Å². The van der Waals surface area contributed by atoms with Crippen LogP contribution in [0.25, 0.3) is 20.2 Å². The van der Waals surface area contributed by atoms with Crippen LogP contribution in [0.3, 0.4) is 0 Å². The van der Waals surface area contributed by atoms with Crippen molar-refractivity contribution in [3.63, 3.8) is 0 Å². The third kappa shape index (κ3) is 7.26. The van der Waals surface area contributed by atoms with Gasteiger partial charge in [0.05, 0.1) is 13.1 Å². The van der Waals surface area contributed by atoms with E-state index in [-0.39, 0.29) is 52.8 Å². The number of hydrogen-bond donors (Lipinski definition) is 0. The van der Waals surface area contributed by atoms with Crippen molar-refractivity contribution in [2.24, 2.45) is 0 Å². The third-order valence-electron chi connectivity index (χ3n) is 4.03. The predicted molar refractivity (Wildman–Crippen MR) is 130 cm³/mol. The first-order valence-electron chi connectivity index (χ1n) is 8.17. The highest BCUT2D eigenvalue weighted by Gasteiger charge is 2.13. The number of nitrogens with zero attached hydrogens (tertiary/aromatic N) is 2. The molecule has 1 aromatic heterocycles. The van der Waals surface area contributed by atoms with E-state index >= 15 is 0 Å². The second-order valence-electron chi connectivity index (χ2n) is 6.85. The van der Waals surface area contributed by atoms with Crippen LogP contribution >= 0.6 is 36.2 Å². The predicted octanol–water partition coefficient (Wildman–Crippen LogP) is 1.91. The summed E-state index contributed by atoms with van der Waals surface area (Å²) in [5, 5.41) is 2.09. The van der Waals surface area contributed by atoms with E-state index in [0.717, 1.165) is 20.2 Å². The lowest BCUT2D eigenvalue weighted by Crippen LogP contribution is -2.21.